The number of nitrogens with zero attached hydrogens (tertiary/aromatic N) is 2. The number of halogens is 2. The Morgan fingerprint density at radius 2 is 1.73 bits per heavy atom. The number of amides is 1. The lowest BCUT2D eigenvalue weighted by atomic mass is 10.0. The van der Waals surface area contributed by atoms with Gasteiger partial charge in [0, 0.05) is 28.9 Å². The Hall–Kier alpha value is -4.16. The van der Waals surface area contributed by atoms with E-state index < -0.39 is 0 Å². The maximum absolute atomic E-state index is 13.2. The van der Waals surface area contributed by atoms with Crippen LogP contribution in [0.2, 0.25) is 5.02 Å². The number of carbonyl (C=O) groups is 1. The maximum Gasteiger partial charge on any atom is 0.224 e. The summed E-state index contributed by atoms with van der Waals surface area (Å²) in [5, 5.41) is 3.53. The fraction of sp³-hybridized carbons (Fsp3) is 0.133. The first-order valence-electron chi connectivity index (χ1n) is 11.9. The molecule has 0 bridgehead atoms. The maximum atomic E-state index is 13.2. The monoisotopic (exact) mass is 513 g/mol. The molecule has 5 nitrogen and oxygen atoms in total. The molecule has 37 heavy (non-hydrogen) atoms. The molecule has 186 valence electrons. The van der Waals surface area contributed by atoms with Gasteiger partial charge in [-0.1, -0.05) is 17.7 Å². The molecule has 0 radical (unpaired) electrons. The Labute approximate surface area is 219 Å². The molecular formula is C30H25ClFN3O2. The van der Waals surface area contributed by atoms with Crippen molar-refractivity contribution in [3.63, 3.8) is 0 Å². The molecule has 0 spiro atoms. The minimum absolute atomic E-state index is 0.160. The summed E-state index contributed by atoms with van der Waals surface area (Å²) in [4.78, 5) is 17.7. The Bertz CT molecular complexity index is 1580. The summed E-state index contributed by atoms with van der Waals surface area (Å²) in [5.41, 5.74) is 7.18. The number of hydrogen-bond acceptors (Lipinski definition) is 3. The molecule has 1 N–H and O–H groups in total. The molecule has 0 saturated carbocycles. The second kappa shape index (κ2) is 10.4. The van der Waals surface area contributed by atoms with Crippen molar-refractivity contribution >= 4 is 28.8 Å². The van der Waals surface area contributed by atoms with Crippen LogP contribution in [-0.2, 0) is 11.2 Å². The molecule has 0 aliphatic carbocycles. The molecule has 7 heteroatoms. The van der Waals surface area contributed by atoms with E-state index >= 15 is 0 Å². The summed E-state index contributed by atoms with van der Waals surface area (Å²) in [7, 11) is 1.63. The van der Waals surface area contributed by atoms with Crippen molar-refractivity contribution in [2.24, 2.45) is 0 Å². The normalized spacial score (nSPS) is 11.0. The van der Waals surface area contributed by atoms with Crippen LogP contribution in [0.15, 0.2) is 85.1 Å². The molecule has 2 heterocycles. The van der Waals surface area contributed by atoms with E-state index in [0.717, 1.165) is 45.0 Å². The summed E-state index contributed by atoms with van der Waals surface area (Å²) in [5.74, 6) is 0.250. The summed E-state index contributed by atoms with van der Waals surface area (Å²) in [6.07, 6.45) is 2.75. The van der Waals surface area contributed by atoms with Crippen molar-refractivity contribution in [2.75, 3.05) is 12.4 Å². The predicted molar refractivity (Wildman–Crippen MR) is 146 cm³/mol. The quantitative estimate of drug-likeness (QED) is 0.247. The zero-order valence-corrected chi connectivity index (χ0v) is 21.2. The van der Waals surface area contributed by atoms with Crippen molar-refractivity contribution in [1.82, 2.24) is 9.38 Å². The van der Waals surface area contributed by atoms with Gasteiger partial charge >= 0.3 is 0 Å². The second-order valence-corrected chi connectivity index (χ2v) is 9.23. The summed E-state index contributed by atoms with van der Waals surface area (Å²) < 4.78 is 20.6. The Kier molecular flexibility index (Phi) is 6.93. The first-order valence-corrected chi connectivity index (χ1v) is 12.3. The van der Waals surface area contributed by atoms with Crippen LogP contribution in [0.25, 0.3) is 28.0 Å². The lowest BCUT2D eigenvalue weighted by molar-refractivity contribution is -0.116. The number of imidazole rings is 1. The number of carbonyl (C=O) groups excluding carboxylic acids is 1. The van der Waals surface area contributed by atoms with Gasteiger partial charge in [0.15, 0.2) is 0 Å². The molecule has 0 fully saturated rings. The Balaban J connectivity index is 1.52. The fourth-order valence-electron chi connectivity index (χ4n) is 4.41. The van der Waals surface area contributed by atoms with E-state index in [1.165, 1.54) is 12.1 Å². The highest BCUT2D eigenvalue weighted by atomic mass is 35.5. The minimum Gasteiger partial charge on any atom is -0.497 e. The second-order valence-electron chi connectivity index (χ2n) is 8.80. The molecule has 1 amide bonds. The molecular weight excluding hydrogens is 489 g/mol. The van der Waals surface area contributed by atoms with Gasteiger partial charge in [-0.05, 0) is 103 Å². The van der Waals surface area contributed by atoms with Gasteiger partial charge < -0.3 is 14.5 Å². The molecule has 0 aliphatic heterocycles. The summed E-state index contributed by atoms with van der Waals surface area (Å²) in [6.45, 7) is 2.03. The zero-order valence-electron chi connectivity index (χ0n) is 20.5. The number of pyridine rings is 1. The average molecular weight is 514 g/mol. The number of methoxy groups -OCH3 is 1. The van der Waals surface area contributed by atoms with Gasteiger partial charge in [-0.2, -0.15) is 0 Å². The molecule has 0 atom stereocenters. The predicted octanol–water partition coefficient (Wildman–Crippen LogP) is 7.35. The number of anilines is 1. The van der Waals surface area contributed by atoms with E-state index in [1.54, 1.807) is 19.2 Å². The minimum atomic E-state index is -0.348. The third-order valence-corrected chi connectivity index (χ3v) is 6.53. The molecule has 5 rings (SSSR count). The van der Waals surface area contributed by atoms with E-state index in [0.29, 0.717) is 17.1 Å². The average Bonchev–Trinajstić information content (AvgIpc) is 3.26. The highest BCUT2D eigenvalue weighted by Gasteiger charge is 2.17. The van der Waals surface area contributed by atoms with Crippen molar-refractivity contribution in [3.05, 3.63) is 107 Å². The molecule has 0 unspecified atom stereocenters. The fourth-order valence-corrected chi connectivity index (χ4v) is 4.64. The summed E-state index contributed by atoms with van der Waals surface area (Å²) in [6, 6.07) is 23.3. The van der Waals surface area contributed by atoms with Crippen LogP contribution >= 0.6 is 11.6 Å². The lowest BCUT2D eigenvalue weighted by Gasteiger charge is -2.10. The van der Waals surface area contributed by atoms with Crippen LogP contribution in [0.3, 0.4) is 0 Å². The van der Waals surface area contributed by atoms with Gasteiger partial charge in [-0.3, -0.25) is 4.79 Å². The van der Waals surface area contributed by atoms with Crippen molar-refractivity contribution in [1.29, 1.82) is 0 Å². The van der Waals surface area contributed by atoms with Gasteiger partial charge in [0.25, 0.3) is 0 Å². The lowest BCUT2D eigenvalue weighted by Crippen LogP contribution is -2.13. The number of benzene rings is 3. The third-order valence-electron chi connectivity index (χ3n) is 6.30. The van der Waals surface area contributed by atoms with Gasteiger partial charge in [0.2, 0.25) is 5.91 Å². The number of hydrogen-bond donors (Lipinski definition) is 1. The van der Waals surface area contributed by atoms with Crippen LogP contribution in [0.4, 0.5) is 10.1 Å². The third kappa shape index (κ3) is 5.34. The molecule has 3 aromatic carbocycles. The van der Waals surface area contributed by atoms with Gasteiger partial charge in [-0.25, -0.2) is 9.37 Å². The topological polar surface area (TPSA) is 55.6 Å². The summed E-state index contributed by atoms with van der Waals surface area (Å²) >= 11 is 6.17. The van der Waals surface area contributed by atoms with Gasteiger partial charge in [0.1, 0.15) is 17.2 Å². The van der Waals surface area contributed by atoms with Crippen molar-refractivity contribution in [3.8, 4) is 28.1 Å². The largest absolute Gasteiger partial charge is 0.497 e. The van der Waals surface area contributed by atoms with Crippen LogP contribution in [-0.4, -0.2) is 22.4 Å². The number of ether oxygens (including phenoxy) is 1. The zero-order chi connectivity index (χ0) is 25.9. The Morgan fingerprint density at radius 1 is 1.00 bits per heavy atom. The van der Waals surface area contributed by atoms with Crippen molar-refractivity contribution < 1.29 is 13.9 Å². The van der Waals surface area contributed by atoms with E-state index in [1.807, 2.05) is 65.9 Å². The first kappa shape index (κ1) is 24.5. The Morgan fingerprint density at radius 3 is 2.43 bits per heavy atom. The number of rotatable bonds is 7. The van der Waals surface area contributed by atoms with Gasteiger partial charge in [-0.15, -0.1) is 0 Å². The van der Waals surface area contributed by atoms with E-state index in [2.05, 4.69) is 11.5 Å². The van der Waals surface area contributed by atoms with E-state index in [9.17, 15) is 9.18 Å². The SMILES string of the molecule is COc1ccc(-c2nc3ccc(-c4ccc(Cl)cc4C)cn3c2CCC(=O)Nc2ccc(F)cc2)cc1. The van der Waals surface area contributed by atoms with Crippen LogP contribution in [0.5, 0.6) is 5.75 Å². The smallest absolute Gasteiger partial charge is 0.224 e. The van der Waals surface area contributed by atoms with E-state index in [4.69, 9.17) is 21.3 Å². The van der Waals surface area contributed by atoms with Crippen LogP contribution in [0.1, 0.15) is 17.7 Å². The molecule has 5 aromatic rings. The van der Waals surface area contributed by atoms with Crippen LogP contribution < -0.4 is 10.1 Å². The number of fused-ring (bicyclic) bond motifs is 1. The first-order chi connectivity index (χ1) is 17.9. The number of nitrogens with one attached hydrogen (secondary N) is 1. The standard InChI is InChI=1S/C30H25ClFN3O2/c1-19-17-22(31)6-13-26(19)21-5-15-28-34-30(20-3-11-25(37-2)12-4-20)27(35(28)18-21)14-16-29(36)33-24-9-7-23(32)8-10-24/h3-13,15,17-18H,14,16H2,1-2H3,(H,33,36). The van der Waals surface area contributed by atoms with Gasteiger partial charge in [0.05, 0.1) is 18.5 Å². The van der Waals surface area contributed by atoms with E-state index in [-0.39, 0.29) is 18.1 Å². The number of aryl methyl sites for hydroxylation is 2. The highest BCUT2D eigenvalue weighted by molar-refractivity contribution is 6.30. The van der Waals surface area contributed by atoms with Crippen LogP contribution in [0, 0.1) is 12.7 Å². The van der Waals surface area contributed by atoms with Crippen molar-refractivity contribution in [2.45, 2.75) is 19.8 Å². The molecule has 0 aliphatic rings. The molecule has 2 aromatic heterocycles. The number of aromatic nitrogens is 2. The highest BCUT2D eigenvalue weighted by Crippen LogP contribution is 2.31. The molecule has 0 saturated heterocycles.